The van der Waals surface area contributed by atoms with Crippen LogP contribution in [0.4, 0.5) is 0 Å². The van der Waals surface area contributed by atoms with Crippen molar-refractivity contribution in [2.75, 3.05) is 33.3 Å². The van der Waals surface area contributed by atoms with Gasteiger partial charge in [-0.15, -0.1) is 24.8 Å². The van der Waals surface area contributed by atoms with Gasteiger partial charge < -0.3 is 10.1 Å². The van der Waals surface area contributed by atoms with E-state index in [0.29, 0.717) is 0 Å². The van der Waals surface area contributed by atoms with E-state index in [-0.39, 0.29) is 24.8 Å². The van der Waals surface area contributed by atoms with Crippen LogP contribution in [0.1, 0.15) is 31.2 Å². The van der Waals surface area contributed by atoms with Crippen molar-refractivity contribution in [3.8, 4) is 17.1 Å². The van der Waals surface area contributed by atoms with Gasteiger partial charge in [-0.05, 0) is 75.8 Å². The molecule has 1 aromatic heterocycles. The maximum Gasteiger partial charge on any atom is 0.162 e. The first-order valence-electron chi connectivity index (χ1n) is 10.2. The van der Waals surface area contributed by atoms with Gasteiger partial charge in [0.15, 0.2) is 5.82 Å². The molecule has 2 aromatic rings. The molecule has 5 nitrogen and oxygen atoms in total. The minimum Gasteiger partial charge on any atom is -0.496 e. The van der Waals surface area contributed by atoms with Crippen molar-refractivity contribution in [1.82, 2.24) is 20.2 Å². The number of aromatic nitrogens is 2. The minimum atomic E-state index is 0. The van der Waals surface area contributed by atoms with Crippen LogP contribution in [0.2, 0.25) is 0 Å². The number of nitrogens with zero attached hydrogens (tertiary/aromatic N) is 3. The zero-order valence-corrected chi connectivity index (χ0v) is 18.7. The maximum absolute atomic E-state index is 5.42. The largest absolute Gasteiger partial charge is 0.496 e. The molecule has 1 aromatic carbocycles. The molecule has 0 bridgehead atoms. The minimum absolute atomic E-state index is 0. The van der Waals surface area contributed by atoms with Gasteiger partial charge >= 0.3 is 0 Å². The standard InChI is InChI=1S/C22H30N4O.2ClH/c1-27-21-5-3-2-4-20(21)22-24-14-17(15-25-22)16-26-12-8-19(9-13-26)18-6-10-23-11-7-18;;/h2-5,14-15,18-19,23H,6-13,16H2,1H3;2*1H. The van der Waals surface area contributed by atoms with E-state index in [1.54, 1.807) is 7.11 Å². The Kier molecular flexibility index (Phi) is 9.63. The van der Waals surface area contributed by atoms with Crippen LogP contribution in [-0.4, -0.2) is 48.2 Å². The van der Waals surface area contributed by atoms with E-state index in [1.807, 2.05) is 36.7 Å². The molecule has 2 aliphatic rings. The molecule has 0 aliphatic carbocycles. The molecule has 0 spiro atoms. The van der Waals surface area contributed by atoms with Crippen LogP contribution in [0.3, 0.4) is 0 Å². The molecule has 2 fully saturated rings. The Morgan fingerprint density at radius 3 is 2.24 bits per heavy atom. The van der Waals surface area contributed by atoms with E-state index in [1.165, 1.54) is 57.4 Å². The highest BCUT2D eigenvalue weighted by molar-refractivity contribution is 5.85. The highest BCUT2D eigenvalue weighted by Crippen LogP contribution is 2.31. The van der Waals surface area contributed by atoms with Crippen molar-refractivity contribution in [2.24, 2.45) is 11.8 Å². The third-order valence-electron chi connectivity index (χ3n) is 6.14. The molecule has 0 saturated carbocycles. The first-order valence-corrected chi connectivity index (χ1v) is 10.2. The maximum atomic E-state index is 5.42. The molecule has 160 valence electrons. The number of likely N-dealkylation sites (tertiary alicyclic amines) is 1. The summed E-state index contributed by atoms with van der Waals surface area (Å²) in [5, 5.41) is 3.49. The summed E-state index contributed by atoms with van der Waals surface area (Å²) in [7, 11) is 1.68. The van der Waals surface area contributed by atoms with E-state index in [2.05, 4.69) is 20.2 Å². The summed E-state index contributed by atoms with van der Waals surface area (Å²) in [6.45, 7) is 5.76. The zero-order chi connectivity index (χ0) is 18.5. The van der Waals surface area contributed by atoms with Gasteiger partial charge in [0.1, 0.15) is 5.75 Å². The number of halogens is 2. The lowest BCUT2D eigenvalue weighted by Crippen LogP contribution is -2.39. The molecule has 0 atom stereocenters. The molecular formula is C22H32Cl2N4O. The molecule has 0 radical (unpaired) electrons. The number of methoxy groups -OCH3 is 1. The molecule has 3 heterocycles. The van der Waals surface area contributed by atoms with Gasteiger partial charge in [-0.25, -0.2) is 9.97 Å². The summed E-state index contributed by atoms with van der Waals surface area (Å²) < 4.78 is 5.42. The topological polar surface area (TPSA) is 50.3 Å². The Bertz CT molecular complexity index is 730. The highest BCUT2D eigenvalue weighted by atomic mass is 35.5. The Labute approximate surface area is 186 Å². The summed E-state index contributed by atoms with van der Waals surface area (Å²) >= 11 is 0. The SMILES string of the molecule is COc1ccccc1-c1ncc(CN2CCC(C3CCNCC3)CC2)cn1.Cl.Cl. The van der Waals surface area contributed by atoms with Gasteiger partial charge in [0.2, 0.25) is 0 Å². The van der Waals surface area contributed by atoms with E-state index in [9.17, 15) is 0 Å². The fourth-order valence-electron chi connectivity index (χ4n) is 4.56. The lowest BCUT2D eigenvalue weighted by atomic mass is 9.79. The summed E-state index contributed by atoms with van der Waals surface area (Å²) in [6.07, 6.45) is 9.34. The quantitative estimate of drug-likeness (QED) is 0.757. The van der Waals surface area contributed by atoms with E-state index in [0.717, 1.165) is 35.5 Å². The van der Waals surface area contributed by atoms with Gasteiger partial charge in [-0.1, -0.05) is 12.1 Å². The normalized spacial score (nSPS) is 18.5. The van der Waals surface area contributed by atoms with Crippen molar-refractivity contribution in [2.45, 2.75) is 32.2 Å². The molecule has 0 unspecified atom stereocenters. The first-order chi connectivity index (χ1) is 13.3. The summed E-state index contributed by atoms with van der Waals surface area (Å²) in [4.78, 5) is 11.7. The van der Waals surface area contributed by atoms with E-state index in [4.69, 9.17) is 4.74 Å². The molecule has 4 rings (SSSR count). The molecule has 1 N–H and O–H groups in total. The number of hydrogen-bond acceptors (Lipinski definition) is 5. The van der Waals surface area contributed by atoms with Crippen LogP contribution in [0.5, 0.6) is 5.75 Å². The first kappa shape index (κ1) is 23.9. The average Bonchev–Trinajstić information content (AvgIpc) is 2.75. The molecule has 7 heteroatoms. The fraction of sp³-hybridized carbons (Fsp3) is 0.545. The van der Waals surface area contributed by atoms with E-state index >= 15 is 0 Å². The number of piperidine rings is 2. The van der Waals surface area contributed by atoms with Crippen LogP contribution in [0.15, 0.2) is 36.7 Å². The monoisotopic (exact) mass is 438 g/mol. The average molecular weight is 439 g/mol. The third-order valence-corrected chi connectivity index (χ3v) is 6.14. The van der Waals surface area contributed by atoms with Crippen LogP contribution in [0, 0.1) is 11.8 Å². The van der Waals surface area contributed by atoms with Crippen LogP contribution in [-0.2, 0) is 6.54 Å². The Morgan fingerprint density at radius 2 is 1.59 bits per heavy atom. The summed E-state index contributed by atoms with van der Waals surface area (Å²) in [6, 6.07) is 7.89. The van der Waals surface area contributed by atoms with Gasteiger partial charge in [-0.2, -0.15) is 0 Å². The predicted molar refractivity (Wildman–Crippen MR) is 122 cm³/mol. The number of rotatable bonds is 5. The van der Waals surface area contributed by atoms with Crippen LogP contribution >= 0.6 is 24.8 Å². The Hall–Kier alpha value is -1.40. The second kappa shape index (κ2) is 11.7. The fourth-order valence-corrected chi connectivity index (χ4v) is 4.56. The summed E-state index contributed by atoms with van der Waals surface area (Å²) in [5.41, 5.74) is 2.13. The molecular weight excluding hydrogens is 407 g/mol. The van der Waals surface area contributed by atoms with Crippen molar-refractivity contribution < 1.29 is 4.74 Å². The van der Waals surface area contributed by atoms with Crippen molar-refractivity contribution in [3.63, 3.8) is 0 Å². The Morgan fingerprint density at radius 1 is 0.966 bits per heavy atom. The number of para-hydroxylation sites is 1. The highest BCUT2D eigenvalue weighted by Gasteiger charge is 2.27. The molecule has 0 amide bonds. The van der Waals surface area contributed by atoms with Crippen LogP contribution in [0.25, 0.3) is 11.4 Å². The number of nitrogens with one attached hydrogen (secondary N) is 1. The van der Waals surface area contributed by atoms with Gasteiger partial charge in [-0.3, -0.25) is 4.90 Å². The Balaban J connectivity index is 0.00000150. The number of benzene rings is 1. The lowest BCUT2D eigenvalue weighted by molar-refractivity contribution is 0.126. The molecule has 29 heavy (non-hydrogen) atoms. The lowest BCUT2D eigenvalue weighted by Gasteiger charge is -2.37. The van der Waals surface area contributed by atoms with Gasteiger partial charge in [0, 0.05) is 24.5 Å². The second-order valence-electron chi connectivity index (χ2n) is 7.82. The van der Waals surface area contributed by atoms with Crippen molar-refractivity contribution in [1.29, 1.82) is 0 Å². The summed E-state index contributed by atoms with van der Waals surface area (Å²) in [5.74, 6) is 3.40. The van der Waals surface area contributed by atoms with Crippen molar-refractivity contribution in [3.05, 3.63) is 42.2 Å². The third kappa shape index (κ3) is 6.05. The van der Waals surface area contributed by atoms with Gasteiger partial charge in [0.25, 0.3) is 0 Å². The second-order valence-corrected chi connectivity index (χ2v) is 7.82. The van der Waals surface area contributed by atoms with Crippen LogP contribution < -0.4 is 10.1 Å². The number of hydrogen-bond donors (Lipinski definition) is 1. The van der Waals surface area contributed by atoms with Crippen molar-refractivity contribution >= 4 is 24.8 Å². The zero-order valence-electron chi connectivity index (χ0n) is 17.0. The number of ether oxygens (including phenoxy) is 1. The van der Waals surface area contributed by atoms with E-state index < -0.39 is 0 Å². The molecule has 2 aliphatic heterocycles. The smallest absolute Gasteiger partial charge is 0.162 e. The van der Waals surface area contributed by atoms with Gasteiger partial charge in [0.05, 0.1) is 12.7 Å². The molecule has 2 saturated heterocycles. The predicted octanol–water partition coefficient (Wildman–Crippen LogP) is 4.21.